The molecule has 3 aromatic rings. The maximum Gasteiger partial charge on any atom is 0.273 e. The number of rotatable bonds is 7. The van der Waals surface area contributed by atoms with Gasteiger partial charge >= 0.3 is 0 Å². The van der Waals surface area contributed by atoms with Gasteiger partial charge in [0.15, 0.2) is 5.69 Å². The van der Waals surface area contributed by atoms with Crippen LogP contribution in [0.25, 0.3) is 0 Å². The number of anilines is 2. The second-order valence-corrected chi connectivity index (χ2v) is 9.80. The summed E-state index contributed by atoms with van der Waals surface area (Å²) in [4.78, 5) is 40.9. The van der Waals surface area contributed by atoms with E-state index in [2.05, 4.69) is 9.69 Å². The Labute approximate surface area is 212 Å². The van der Waals surface area contributed by atoms with Gasteiger partial charge in [-0.15, -0.1) is 0 Å². The Kier molecular flexibility index (Phi) is 7.35. The minimum Gasteiger partial charge on any atom is -0.395 e. The lowest BCUT2D eigenvalue weighted by Crippen LogP contribution is -2.46. The number of hydrogen-bond acceptors (Lipinski definition) is 6. The molecule has 10 heteroatoms. The van der Waals surface area contributed by atoms with Crippen LogP contribution in [0.1, 0.15) is 68.6 Å². The Hall–Kier alpha value is -3.79. The monoisotopic (exact) mass is 509 g/mol. The number of nitrogens with two attached hydrogens (primary N) is 2. The number of nitrogens with zero attached hydrogens (tertiary/aromatic N) is 2. The summed E-state index contributed by atoms with van der Waals surface area (Å²) in [6, 6.07) is 9.74. The Bertz CT molecular complexity index is 1300. The first-order valence-electron chi connectivity index (χ1n) is 11.7. The molecule has 4 rings (SSSR count). The van der Waals surface area contributed by atoms with Gasteiger partial charge in [0.2, 0.25) is 5.91 Å². The third-order valence-corrected chi connectivity index (χ3v) is 7.39. The van der Waals surface area contributed by atoms with E-state index in [1.165, 1.54) is 29.2 Å². The molecule has 2 aromatic carbocycles. The van der Waals surface area contributed by atoms with Crippen molar-refractivity contribution < 1.29 is 18.8 Å². The van der Waals surface area contributed by atoms with Crippen molar-refractivity contribution in [2.45, 2.75) is 51.6 Å². The minimum absolute atomic E-state index is 0.00732. The summed E-state index contributed by atoms with van der Waals surface area (Å²) in [5, 5.41) is 3.07. The zero-order valence-corrected chi connectivity index (χ0v) is 20.9. The molecule has 1 fully saturated rings. The molecule has 36 heavy (non-hydrogen) atoms. The van der Waals surface area contributed by atoms with Gasteiger partial charge in [-0.25, -0.2) is 4.39 Å². The lowest BCUT2D eigenvalue weighted by Gasteiger charge is -2.32. The van der Waals surface area contributed by atoms with Gasteiger partial charge in [0.05, 0.1) is 5.69 Å². The molecule has 1 saturated carbocycles. The standard InChI is InChI=1S/C26H28FN5O3S/c1-14-7-12-19(13-15(14)2)32(26(35)23-20(28)21(24(29)33)31-36-23)22(16-8-10-17(27)11-9-16)25(34)30-18-5-3-4-6-18/h7-13,18,22H,3-6,28H2,1-2H3,(H2,29,33)(H,30,34)/t22-/m0/s1. The number of aryl methyl sites for hydroxylation is 2. The maximum absolute atomic E-state index is 14.0. The van der Waals surface area contributed by atoms with Gasteiger partial charge < -0.3 is 16.8 Å². The summed E-state index contributed by atoms with van der Waals surface area (Å²) in [7, 11) is 0. The molecule has 0 bridgehead atoms. The van der Waals surface area contributed by atoms with Gasteiger partial charge in [-0.3, -0.25) is 19.3 Å². The van der Waals surface area contributed by atoms with Gasteiger partial charge in [0, 0.05) is 11.7 Å². The summed E-state index contributed by atoms with van der Waals surface area (Å²) in [6.45, 7) is 3.84. The third kappa shape index (κ3) is 5.08. The Morgan fingerprint density at radius 2 is 1.75 bits per heavy atom. The first-order valence-corrected chi connectivity index (χ1v) is 12.5. The number of benzene rings is 2. The fourth-order valence-corrected chi connectivity index (χ4v) is 5.15. The van der Waals surface area contributed by atoms with Crippen molar-refractivity contribution in [1.29, 1.82) is 0 Å². The fourth-order valence-electron chi connectivity index (χ4n) is 4.41. The molecule has 1 aromatic heterocycles. The molecule has 1 aliphatic carbocycles. The van der Waals surface area contributed by atoms with Crippen LogP contribution in [0.5, 0.6) is 0 Å². The van der Waals surface area contributed by atoms with E-state index < -0.39 is 29.6 Å². The van der Waals surface area contributed by atoms with Crippen LogP contribution in [-0.4, -0.2) is 28.1 Å². The average Bonchev–Trinajstić information content (AvgIpc) is 3.49. The molecule has 0 radical (unpaired) electrons. The lowest BCUT2D eigenvalue weighted by molar-refractivity contribution is -0.123. The minimum atomic E-state index is -1.13. The van der Waals surface area contributed by atoms with Crippen molar-refractivity contribution in [3.8, 4) is 0 Å². The molecule has 0 saturated heterocycles. The number of halogens is 1. The normalized spacial score (nSPS) is 14.4. The largest absolute Gasteiger partial charge is 0.395 e. The number of amides is 3. The van der Waals surface area contributed by atoms with Gasteiger partial charge in [-0.05, 0) is 79.2 Å². The number of primary amides is 1. The predicted molar refractivity (Wildman–Crippen MR) is 137 cm³/mol. The SMILES string of the molecule is Cc1ccc(N(C(=O)c2snc(C(N)=O)c2N)[C@H](C(=O)NC2CCCC2)c2ccc(F)cc2)cc1C. The topological polar surface area (TPSA) is 131 Å². The number of nitrogens with one attached hydrogen (secondary N) is 1. The molecular weight excluding hydrogens is 481 g/mol. The van der Waals surface area contributed by atoms with Crippen LogP contribution in [0.2, 0.25) is 0 Å². The van der Waals surface area contributed by atoms with Gasteiger partial charge in [-0.2, -0.15) is 4.37 Å². The van der Waals surface area contributed by atoms with Crippen LogP contribution in [-0.2, 0) is 4.79 Å². The van der Waals surface area contributed by atoms with Crippen LogP contribution in [0.15, 0.2) is 42.5 Å². The van der Waals surface area contributed by atoms with Crippen LogP contribution in [0.3, 0.4) is 0 Å². The zero-order chi connectivity index (χ0) is 26.0. The molecule has 1 heterocycles. The van der Waals surface area contributed by atoms with Crippen molar-refractivity contribution in [2.75, 3.05) is 10.6 Å². The molecular formula is C26H28FN5O3S. The third-order valence-electron chi connectivity index (χ3n) is 6.54. The van der Waals surface area contributed by atoms with E-state index in [9.17, 15) is 18.8 Å². The molecule has 0 spiro atoms. The smallest absolute Gasteiger partial charge is 0.273 e. The van der Waals surface area contributed by atoms with Crippen molar-refractivity contribution in [2.24, 2.45) is 5.73 Å². The number of hydrogen-bond donors (Lipinski definition) is 3. The van der Waals surface area contributed by atoms with Crippen LogP contribution < -0.4 is 21.7 Å². The zero-order valence-electron chi connectivity index (χ0n) is 20.1. The molecule has 188 valence electrons. The van der Waals surface area contributed by atoms with E-state index in [-0.39, 0.29) is 22.3 Å². The number of aromatic nitrogens is 1. The second kappa shape index (κ2) is 10.4. The highest BCUT2D eigenvalue weighted by molar-refractivity contribution is 7.09. The predicted octanol–water partition coefficient (Wildman–Crippen LogP) is 4.03. The molecule has 0 aliphatic heterocycles. The summed E-state index contributed by atoms with van der Waals surface area (Å²) in [5.41, 5.74) is 13.9. The molecule has 3 amide bonds. The van der Waals surface area contributed by atoms with Crippen molar-refractivity contribution in [3.63, 3.8) is 0 Å². The first kappa shape index (κ1) is 25.3. The van der Waals surface area contributed by atoms with Crippen LogP contribution >= 0.6 is 11.5 Å². The highest BCUT2D eigenvalue weighted by atomic mass is 32.1. The quantitative estimate of drug-likeness (QED) is 0.443. The summed E-state index contributed by atoms with van der Waals surface area (Å²) >= 11 is 0.744. The van der Waals surface area contributed by atoms with Crippen molar-refractivity contribution in [1.82, 2.24) is 9.69 Å². The van der Waals surface area contributed by atoms with E-state index in [4.69, 9.17) is 11.5 Å². The number of carbonyl (C=O) groups excluding carboxylic acids is 3. The Morgan fingerprint density at radius 1 is 1.08 bits per heavy atom. The molecule has 1 atom stereocenters. The van der Waals surface area contributed by atoms with Crippen molar-refractivity contribution >= 4 is 40.6 Å². The highest BCUT2D eigenvalue weighted by Gasteiger charge is 2.37. The van der Waals surface area contributed by atoms with E-state index in [1.807, 2.05) is 19.9 Å². The summed E-state index contributed by atoms with van der Waals surface area (Å²) in [5.74, 6) is -2.32. The van der Waals surface area contributed by atoms with Crippen LogP contribution in [0.4, 0.5) is 15.8 Å². The lowest BCUT2D eigenvalue weighted by atomic mass is 10.0. The fraction of sp³-hybridized carbons (Fsp3) is 0.308. The van der Waals surface area contributed by atoms with Gasteiger partial charge in [0.25, 0.3) is 11.8 Å². The molecule has 5 N–H and O–H groups in total. The Balaban J connectivity index is 1.87. The summed E-state index contributed by atoms with van der Waals surface area (Å²) in [6.07, 6.45) is 3.73. The van der Waals surface area contributed by atoms with Gasteiger partial charge in [-0.1, -0.05) is 31.0 Å². The highest BCUT2D eigenvalue weighted by Crippen LogP contribution is 2.34. The van der Waals surface area contributed by atoms with E-state index in [1.54, 1.807) is 12.1 Å². The number of carbonyl (C=O) groups is 3. The van der Waals surface area contributed by atoms with Crippen molar-refractivity contribution in [3.05, 3.63) is 75.5 Å². The molecule has 0 unspecified atom stereocenters. The van der Waals surface area contributed by atoms with E-state index >= 15 is 0 Å². The molecule has 1 aliphatic rings. The Morgan fingerprint density at radius 3 is 2.33 bits per heavy atom. The summed E-state index contributed by atoms with van der Waals surface area (Å²) < 4.78 is 17.8. The van der Waals surface area contributed by atoms with E-state index in [0.29, 0.717) is 11.3 Å². The molecule has 8 nitrogen and oxygen atoms in total. The average molecular weight is 510 g/mol. The second-order valence-electron chi connectivity index (χ2n) is 9.03. The van der Waals surface area contributed by atoms with Crippen LogP contribution in [0, 0.1) is 19.7 Å². The van der Waals surface area contributed by atoms with E-state index in [0.717, 1.165) is 48.3 Å². The maximum atomic E-state index is 14.0. The number of nitrogen functional groups attached to an aromatic ring is 1. The first-order chi connectivity index (χ1) is 17.2. The van der Waals surface area contributed by atoms with Gasteiger partial charge in [0.1, 0.15) is 16.7 Å².